The predicted molar refractivity (Wildman–Crippen MR) is 88.3 cm³/mol. The van der Waals surface area contributed by atoms with Crippen LogP contribution in [0.15, 0.2) is 12.4 Å². The molecule has 118 valence electrons. The van der Waals surface area contributed by atoms with Gasteiger partial charge in [0.1, 0.15) is 12.1 Å². The molecule has 3 heterocycles. The zero-order chi connectivity index (χ0) is 15.5. The van der Waals surface area contributed by atoms with Crippen molar-refractivity contribution in [2.45, 2.75) is 46.1 Å². The Balaban J connectivity index is 1.92. The van der Waals surface area contributed by atoms with E-state index >= 15 is 0 Å². The minimum atomic E-state index is 0.303. The fraction of sp³-hybridized carbons (Fsp3) is 0.588. The van der Waals surface area contributed by atoms with Crippen molar-refractivity contribution in [1.29, 1.82) is 0 Å². The van der Waals surface area contributed by atoms with E-state index < -0.39 is 0 Å². The standard InChI is InChI=1S/C17H24N4O/c1-4-8-22-14-6-5-7-21(10-14)17-15-12(2)9-13(3)20-16(15)18-11-19-17/h9,11,14H,4-8,10H2,1-3H3. The van der Waals surface area contributed by atoms with Gasteiger partial charge in [-0.2, -0.15) is 0 Å². The summed E-state index contributed by atoms with van der Waals surface area (Å²) in [6.45, 7) is 9.02. The van der Waals surface area contributed by atoms with Gasteiger partial charge in [0.2, 0.25) is 0 Å². The van der Waals surface area contributed by atoms with E-state index in [0.29, 0.717) is 6.10 Å². The van der Waals surface area contributed by atoms with Crippen molar-refractivity contribution in [2.75, 3.05) is 24.6 Å². The topological polar surface area (TPSA) is 51.1 Å². The average molecular weight is 300 g/mol. The Morgan fingerprint density at radius 3 is 3.00 bits per heavy atom. The minimum absolute atomic E-state index is 0.303. The summed E-state index contributed by atoms with van der Waals surface area (Å²) in [4.78, 5) is 15.8. The SMILES string of the molecule is CCCOC1CCCN(c2ncnc3nc(C)cc(C)c23)C1. The lowest BCUT2D eigenvalue weighted by atomic mass is 10.1. The number of anilines is 1. The molecular formula is C17H24N4O. The van der Waals surface area contributed by atoms with E-state index in [4.69, 9.17) is 4.74 Å². The summed E-state index contributed by atoms with van der Waals surface area (Å²) >= 11 is 0. The van der Waals surface area contributed by atoms with E-state index in [9.17, 15) is 0 Å². The maximum absolute atomic E-state index is 5.94. The van der Waals surface area contributed by atoms with Crippen LogP contribution in [0.2, 0.25) is 0 Å². The summed E-state index contributed by atoms with van der Waals surface area (Å²) in [5, 5.41) is 1.07. The van der Waals surface area contributed by atoms with Gasteiger partial charge >= 0.3 is 0 Å². The monoisotopic (exact) mass is 300 g/mol. The third-order valence-corrected chi connectivity index (χ3v) is 4.14. The highest BCUT2D eigenvalue weighted by Crippen LogP contribution is 2.28. The van der Waals surface area contributed by atoms with Gasteiger partial charge in [-0.15, -0.1) is 0 Å². The molecular weight excluding hydrogens is 276 g/mol. The Hall–Kier alpha value is -1.75. The van der Waals surface area contributed by atoms with Crippen molar-refractivity contribution in [3.8, 4) is 0 Å². The Kier molecular flexibility index (Phi) is 4.52. The van der Waals surface area contributed by atoms with Crippen LogP contribution in [-0.4, -0.2) is 40.8 Å². The first-order chi connectivity index (χ1) is 10.7. The van der Waals surface area contributed by atoms with Crippen molar-refractivity contribution < 1.29 is 4.74 Å². The first-order valence-electron chi connectivity index (χ1n) is 8.14. The molecule has 1 aliphatic rings. The van der Waals surface area contributed by atoms with E-state index in [2.05, 4.69) is 39.8 Å². The Morgan fingerprint density at radius 1 is 1.32 bits per heavy atom. The molecule has 22 heavy (non-hydrogen) atoms. The fourth-order valence-corrected chi connectivity index (χ4v) is 3.18. The predicted octanol–water partition coefficient (Wildman–Crippen LogP) is 3.04. The second-order valence-electron chi connectivity index (χ2n) is 6.06. The minimum Gasteiger partial charge on any atom is -0.376 e. The summed E-state index contributed by atoms with van der Waals surface area (Å²) in [6.07, 6.45) is 5.26. The Bertz CT molecular complexity index is 658. The van der Waals surface area contributed by atoms with E-state index in [0.717, 1.165) is 61.5 Å². The first-order valence-corrected chi connectivity index (χ1v) is 8.14. The van der Waals surface area contributed by atoms with Crippen LogP contribution in [-0.2, 0) is 4.74 Å². The van der Waals surface area contributed by atoms with Gasteiger partial charge in [0.05, 0.1) is 11.5 Å². The lowest BCUT2D eigenvalue weighted by Crippen LogP contribution is -2.40. The molecule has 5 nitrogen and oxygen atoms in total. The molecule has 0 amide bonds. The molecule has 0 spiro atoms. The molecule has 1 atom stereocenters. The quantitative estimate of drug-likeness (QED) is 0.868. The fourth-order valence-electron chi connectivity index (χ4n) is 3.18. The number of ether oxygens (including phenoxy) is 1. The van der Waals surface area contributed by atoms with Crippen LogP contribution < -0.4 is 4.90 Å². The maximum atomic E-state index is 5.94. The van der Waals surface area contributed by atoms with Gasteiger partial charge in [-0.05, 0) is 44.7 Å². The normalized spacial score (nSPS) is 18.9. The molecule has 1 unspecified atom stereocenters. The van der Waals surface area contributed by atoms with E-state index in [1.807, 2.05) is 6.92 Å². The molecule has 5 heteroatoms. The van der Waals surface area contributed by atoms with Crippen molar-refractivity contribution >= 4 is 16.9 Å². The third kappa shape index (κ3) is 3.04. The highest BCUT2D eigenvalue weighted by molar-refractivity contribution is 5.90. The van der Waals surface area contributed by atoms with Crippen LogP contribution in [0.1, 0.15) is 37.4 Å². The summed E-state index contributed by atoms with van der Waals surface area (Å²) in [5.41, 5.74) is 2.98. The molecule has 0 saturated carbocycles. The van der Waals surface area contributed by atoms with Crippen LogP contribution in [0, 0.1) is 13.8 Å². The van der Waals surface area contributed by atoms with Gasteiger partial charge < -0.3 is 9.64 Å². The van der Waals surface area contributed by atoms with Crippen molar-refractivity contribution in [1.82, 2.24) is 15.0 Å². The molecule has 1 aliphatic heterocycles. The second-order valence-corrected chi connectivity index (χ2v) is 6.06. The smallest absolute Gasteiger partial charge is 0.165 e. The number of pyridine rings is 1. The summed E-state index contributed by atoms with van der Waals surface area (Å²) in [6, 6.07) is 2.10. The van der Waals surface area contributed by atoms with Gasteiger partial charge in [-0.25, -0.2) is 15.0 Å². The van der Waals surface area contributed by atoms with Gasteiger partial charge in [-0.3, -0.25) is 0 Å². The van der Waals surface area contributed by atoms with Crippen LogP contribution in [0.5, 0.6) is 0 Å². The summed E-state index contributed by atoms with van der Waals surface area (Å²) in [5.74, 6) is 1.000. The summed E-state index contributed by atoms with van der Waals surface area (Å²) in [7, 11) is 0. The number of piperidine rings is 1. The summed E-state index contributed by atoms with van der Waals surface area (Å²) < 4.78 is 5.94. The third-order valence-electron chi connectivity index (χ3n) is 4.14. The van der Waals surface area contributed by atoms with E-state index in [1.54, 1.807) is 6.33 Å². The van der Waals surface area contributed by atoms with Crippen molar-refractivity contribution in [3.05, 3.63) is 23.7 Å². The van der Waals surface area contributed by atoms with Gasteiger partial charge in [0.25, 0.3) is 0 Å². The number of aromatic nitrogens is 3. The molecule has 1 saturated heterocycles. The van der Waals surface area contributed by atoms with Crippen LogP contribution >= 0.6 is 0 Å². The number of rotatable bonds is 4. The Morgan fingerprint density at radius 2 is 2.18 bits per heavy atom. The molecule has 1 fully saturated rings. The van der Waals surface area contributed by atoms with Crippen LogP contribution in [0.25, 0.3) is 11.0 Å². The van der Waals surface area contributed by atoms with E-state index in [1.165, 1.54) is 5.56 Å². The molecule has 3 rings (SSSR count). The molecule has 0 aromatic carbocycles. The molecule has 0 bridgehead atoms. The largest absolute Gasteiger partial charge is 0.376 e. The first kappa shape index (κ1) is 15.2. The van der Waals surface area contributed by atoms with Crippen LogP contribution in [0.4, 0.5) is 5.82 Å². The van der Waals surface area contributed by atoms with Gasteiger partial charge in [-0.1, -0.05) is 6.92 Å². The van der Waals surface area contributed by atoms with Crippen molar-refractivity contribution in [2.24, 2.45) is 0 Å². The Labute approximate surface area is 131 Å². The average Bonchev–Trinajstić information content (AvgIpc) is 2.52. The maximum Gasteiger partial charge on any atom is 0.165 e. The molecule has 0 aliphatic carbocycles. The lowest BCUT2D eigenvalue weighted by Gasteiger charge is -2.34. The molecule has 2 aromatic heterocycles. The highest BCUT2D eigenvalue weighted by atomic mass is 16.5. The molecule has 0 N–H and O–H groups in total. The number of hydrogen-bond donors (Lipinski definition) is 0. The highest BCUT2D eigenvalue weighted by Gasteiger charge is 2.23. The zero-order valence-electron chi connectivity index (χ0n) is 13.7. The number of hydrogen-bond acceptors (Lipinski definition) is 5. The van der Waals surface area contributed by atoms with Gasteiger partial charge in [0, 0.05) is 25.4 Å². The second kappa shape index (κ2) is 6.57. The van der Waals surface area contributed by atoms with Gasteiger partial charge in [0.15, 0.2) is 5.65 Å². The van der Waals surface area contributed by atoms with Crippen LogP contribution in [0.3, 0.4) is 0 Å². The van der Waals surface area contributed by atoms with E-state index in [-0.39, 0.29) is 0 Å². The number of nitrogens with zero attached hydrogens (tertiary/aromatic N) is 4. The zero-order valence-corrected chi connectivity index (χ0v) is 13.7. The number of aryl methyl sites for hydroxylation is 2. The number of fused-ring (bicyclic) bond motifs is 1. The van der Waals surface area contributed by atoms with Crippen molar-refractivity contribution in [3.63, 3.8) is 0 Å². The molecule has 2 aromatic rings. The lowest BCUT2D eigenvalue weighted by molar-refractivity contribution is 0.0439. The molecule has 0 radical (unpaired) electrons.